The van der Waals surface area contributed by atoms with E-state index in [9.17, 15) is 24.0 Å². The van der Waals surface area contributed by atoms with E-state index in [0.29, 0.717) is 0 Å². The maximum Gasteiger partial charge on any atom is 0.334 e. The lowest BCUT2D eigenvalue weighted by atomic mass is 10.3. The van der Waals surface area contributed by atoms with Gasteiger partial charge in [0, 0.05) is 5.75 Å². The number of ether oxygens (including phenoxy) is 3. The Balaban J connectivity index is 0. The molecule has 0 saturated carbocycles. The number of hydrogen-bond acceptors (Lipinski definition) is 14. The van der Waals surface area contributed by atoms with E-state index in [1.807, 2.05) is 0 Å². The zero-order valence-electron chi connectivity index (χ0n) is 14.8. The van der Waals surface area contributed by atoms with Gasteiger partial charge in [-0.1, -0.05) is 0 Å². The van der Waals surface area contributed by atoms with E-state index in [-0.39, 0.29) is 18.9 Å². The van der Waals surface area contributed by atoms with Gasteiger partial charge in [-0.05, 0) is 0 Å². The molecule has 28 heavy (non-hydrogen) atoms. The third kappa shape index (κ3) is 13.8. The van der Waals surface area contributed by atoms with Gasteiger partial charge in [0.25, 0.3) is 0 Å². The Bertz CT molecular complexity index is 548. The average Bonchev–Trinajstić information content (AvgIpc) is 2.68. The highest BCUT2D eigenvalue weighted by atomic mass is 32.1. The number of thiol groups is 1. The van der Waals surface area contributed by atoms with E-state index in [2.05, 4.69) is 26.8 Å². The second kappa shape index (κ2) is 15.7. The van der Waals surface area contributed by atoms with Crippen LogP contribution >= 0.6 is 12.6 Å². The van der Waals surface area contributed by atoms with Gasteiger partial charge in [-0.3, -0.25) is 19.2 Å². The zero-order valence-corrected chi connectivity index (χ0v) is 15.7. The molecular weight excluding hydrogens is 402 g/mol. The summed E-state index contributed by atoms with van der Waals surface area (Å²) in [6.45, 7) is -1.52. The molecule has 0 spiro atoms. The summed E-state index contributed by atoms with van der Waals surface area (Å²) in [7, 11) is 0. The first-order valence-corrected chi connectivity index (χ1v) is 8.20. The van der Waals surface area contributed by atoms with Crippen molar-refractivity contribution < 1.29 is 43.3 Å². The molecule has 14 nitrogen and oxygen atoms in total. The van der Waals surface area contributed by atoms with Crippen LogP contribution in [0.15, 0.2) is 0 Å². The van der Waals surface area contributed by atoms with Crippen LogP contribution in [0.3, 0.4) is 0 Å². The lowest BCUT2D eigenvalue weighted by Crippen LogP contribution is -2.40. The summed E-state index contributed by atoms with van der Waals surface area (Å²) in [5.74, 6) is -4.40. The molecule has 162 valence electrons. The second-order valence-electron chi connectivity index (χ2n) is 4.85. The monoisotopic (exact) mass is 427 g/mol. The number of rotatable bonds is 10. The molecule has 3 atom stereocenters. The molecule has 11 N–H and O–H groups in total. The minimum atomic E-state index is -1.23. The molecule has 0 fully saturated rings. The van der Waals surface area contributed by atoms with Crippen molar-refractivity contribution in [1.29, 1.82) is 0 Å². The highest BCUT2D eigenvalue weighted by Crippen LogP contribution is 1.91. The van der Waals surface area contributed by atoms with Crippen LogP contribution in [0, 0.1) is 0 Å². The van der Waals surface area contributed by atoms with Crippen molar-refractivity contribution in [3.05, 3.63) is 0 Å². The van der Waals surface area contributed by atoms with Gasteiger partial charge >= 0.3 is 29.8 Å². The number of aliphatic carboxylic acids is 1. The fourth-order valence-corrected chi connectivity index (χ4v) is 1.11. The van der Waals surface area contributed by atoms with Crippen molar-refractivity contribution in [2.75, 3.05) is 32.1 Å². The van der Waals surface area contributed by atoms with Crippen molar-refractivity contribution in [3.8, 4) is 0 Å². The largest absolute Gasteiger partial charge is 0.480 e. The van der Waals surface area contributed by atoms with Crippen LogP contribution in [0.1, 0.15) is 0 Å². The van der Waals surface area contributed by atoms with Gasteiger partial charge in [-0.15, -0.1) is 0 Å². The Hall–Kier alpha value is -2.30. The quantitative estimate of drug-likeness (QED) is 0.0745. The van der Waals surface area contributed by atoms with Crippen LogP contribution in [0.4, 0.5) is 0 Å². The number of esters is 4. The van der Waals surface area contributed by atoms with Gasteiger partial charge in [0.05, 0.1) is 13.1 Å². The van der Waals surface area contributed by atoms with Gasteiger partial charge in [-0.2, -0.15) is 12.6 Å². The fraction of sp³-hybridized carbons (Fsp3) is 0.615. The summed E-state index contributed by atoms with van der Waals surface area (Å²) in [6.07, 6.45) is 0. The Morgan fingerprint density at radius 1 is 0.786 bits per heavy atom. The first kappa shape index (κ1) is 27.9. The van der Waals surface area contributed by atoms with E-state index >= 15 is 0 Å². The Labute approximate surface area is 165 Å². The van der Waals surface area contributed by atoms with E-state index in [1.165, 1.54) is 0 Å². The molecular formula is C13H25N5O9S. The van der Waals surface area contributed by atoms with Crippen LogP contribution in [0.5, 0.6) is 0 Å². The van der Waals surface area contributed by atoms with Crippen molar-refractivity contribution >= 4 is 42.5 Å². The average molecular weight is 427 g/mol. The van der Waals surface area contributed by atoms with E-state index in [0.717, 1.165) is 0 Å². The highest BCUT2D eigenvalue weighted by Gasteiger charge is 2.20. The molecule has 0 heterocycles. The molecule has 0 aliphatic carbocycles. The molecule has 0 aromatic rings. The van der Waals surface area contributed by atoms with Crippen molar-refractivity contribution in [2.45, 2.75) is 18.1 Å². The van der Waals surface area contributed by atoms with Crippen molar-refractivity contribution in [3.63, 3.8) is 0 Å². The summed E-state index contributed by atoms with van der Waals surface area (Å²) < 4.78 is 13.1. The lowest BCUT2D eigenvalue weighted by Gasteiger charge is -2.10. The molecule has 0 aromatic carbocycles. The van der Waals surface area contributed by atoms with E-state index < -0.39 is 61.1 Å². The number of carbonyl (C=O) groups excluding carboxylic acids is 4. The van der Waals surface area contributed by atoms with Crippen LogP contribution in [-0.4, -0.2) is 85.1 Å². The van der Waals surface area contributed by atoms with Crippen LogP contribution in [-0.2, 0) is 38.2 Å². The van der Waals surface area contributed by atoms with Gasteiger partial charge in [0.1, 0.15) is 31.3 Å². The van der Waals surface area contributed by atoms with Gasteiger partial charge in [0.2, 0.25) is 0 Å². The second-order valence-corrected chi connectivity index (χ2v) is 5.22. The van der Waals surface area contributed by atoms with Crippen molar-refractivity contribution in [2.24, 2.45) is 28.7 Å². The van der Waals surface area contributed by atoms with Gasteiger partial charge < -0.3 is 48.0 Å². The molecule has 0 unspecified atom stereocenters. The lowest BCUT2D eigenvalue weighted by molar-refractivity contribution is -0.161. The van der Waals surface area contributed by atoms with E-state index in [1.54, 1.807) is 0 Å². The highest BCUT2D eigenvalue weighted by molar-refractivity contribution is 7.80. The Kier molecular flexibility index (Phi) is 15.7. The zero-order chi connectivity index (χ0) is 22.3. The predicted octanol–water partition coefficient (Wildman–Crippen LogP) is -4.96. The molecule has 0 saturated heterocycles. The number of hydrogen-bond donors (Lipinski definition) is 7. The Morgan fingerprint density at radius 3 is 1.71 bits per heavy atom. The van der Waals surface area contributed by atoms with Crippen LogP contribution < -0.4 is 28.7 Å². The fourth-order valence-electron chi connectivity index (χ4n) is 0.964. The third-order valence-electron chi connectivity index (χ3n) is 2.50. The summed E-state index contributed by atoms with van der Waals surface area (Å²) in [4.78, 5) is 53.2. The smallest absolute Gasteiger partial charge is 0.334 e. The van der Waals surface area contributed by atoms with Crippen LogP contribution in [0.25, 0.3) is 0 Å². The summed E-state index contributed by atoms with van der Waals surface area (Å²) in [5, 5.41) is 8.33. The summed E-state index contributed by atoms with van der Waals surface area (Å²) >= 11 is 3.77. The number of nitrogens with two attached hydrogens (primary N) is 5. The maximum atomic E-state index is 11.0. The normalized spacial score (nSPS) is 13.1. The molecule has 0 aliphatic rings. The topological polar surface area (TPSA) is 263 Å². The third-order valence-corrected chi connectivity index (χ3v) is 2.89. The molecule has 0 bridgehead atoms. The standard InChI is InChI=1S/C7H13N3O5.C6H12N2O4S/c8-1-5(11)14-3-4(10)7(13)15-6(12)2-9;7-3(5(9)10)1-12-6(11)4(8)2-13/h4H,1-3,8-10H2;3-4,13H,1-2,7-8H2,(H,9,10)/t4-;3-,4-/m00/s1. The minimum absolute atomic E-state index is 0.140. The molecule has 0 amide bonds. The number of carbonyl (C=O) groups is 5. The SMILES string of the molecule is NCC(=O)OC[C@H](N)C(=O)OC(=O)CN.N[C@@H](COC(=O)[C@@H](N)CS)C(=O)O. The summed E-state index contributed by atoms with van der Waals surface area (Å²) in [6, 6.07) is -3.28. The minimum Gasteiger partial charge on any atom is -0.480 e. The summed E-state index contributed by atoms with van der Waals surface area (Å²) in [5.41, 5.74) is 25.4. The van der Waals surface area contributed by atoms with Crippen molar-refractivity contribution in [1.82, 2.24) is 0 Å². The number of carboxylic acids is 1. The molecule has 0 radical (unpaired) electrons. The van der Waals surface area contributed by atoms with Gasteiger partial charge in [-0.25, -0.2) is 4.79 Å². The number of carboxylic acid groups (broad SMARTS) is 1. The molecule has 0 aliphatic heterocycles. The maximum absolute atomic E-state index is 11.0. The molecule has 15 heteroatoms. The molecule has 0 rings (SSSR count). The first-order chi connectivity index (χ1) is 13.0. The van der Waals surface area contributed by atoms with Gasteiger partial charge in [0.15, 0.2) is 0 Å². The van der Waals surface area contributed by atoms with E-state index in [4.69, 9.17) is 33.8 Å². The first-order valence-electron chi connectivity index (χ1n) is 7.57. The molecule has 0 aromatic heterocycles. The Morgan fingerprint density at radius 2 is 1.29 bits per heavy atom. The van der Waals surface area contributed by atoms with Crippen LogP contribution in [0.2, 0.25) is 0 Å². The predicted molar refractivity (Wildman–Crippen MR) is 96.5 cm³/mol.